The normalized spacial score (nSPS) is 15.8. The number of ether oxygens (including phenoxy) is 1. The van der Waals surface area contributed by atoms with Crippen LogP contribution in [0.15, 0.2) is 22.7 Å². The second-order valence-corrected chi connectivity index (χ2v) is 4.86. The Morgan fingerprint density at radius 1 is 1.41 bits per heavy atom. The lowest BCUT2D eigenvalue weighted by atomic mass is 10.2. The third-order valence-electron chi connectivity index (χ3n) is 2.62. The van der Waals surface area contributed by atoms with Gasteiger partial charge in [-0.3, -0.25) is 4.79 Å². The number of morpholine rings is 1. The van der Waals surface area contributed by atoms with E-state index in [4.69, 9.17) is 4.74 Å². The van der Waals surface area contributed by atoms with Crippen molar-refractivity contribution in [3.63, 3.8) is 0 Å². The van der Waals surface area contributed by atoms with E-state index in [9.17, 15) is 4.79 Å². The van der Waals surface area contributed by atoms with Crippen molar-refractivity contribution in [2.24, 2.45) is 0 Å². The first-order chi connectivity index (χ1) is 8.16. The van der Waals surface area contributed by atoms with Crippen molar-refractivity contribution in [3.05, 3.63) is 22.7 Å². The predicted octanol–water partition coefficient (Wildman–Crippen LogP) is 2.24. The van der Waals surface area contributed by atoms with Crippen LogP contribution >= 0.6 is 15.9 Å². The molecule has 2 rings (SSSR count). The number of amides is 1. The van der Waals surface area contributed by atoms with Gasteiger partial charge in [0.25, 0.3) is 0 Å². The van der Waals surface area contributed by atoms with Gasteiger partial charge < -0.3 is 15.0 Å². The van der Waals surface area contributed by atoms with Crippen LogP contribution in [0, 0.1) is 0 Å². The fourth-order valence-corrected chi connectivity index (χ4v) is 2.24. The molecule has 1 aliphatic heterocycles. The van der Waals surface area contributed by atoms with Crippen LogP contribution in [-0.2, 0) is 9.53 Å². The van der Waals surface area contributed by atoms with Crippen molar-refractivity contribution in [2.75, 3.05) is 36.5 Å². The Morgan fingerprint density at radius 2 is 2.12 bits per heavy atom. The van der Waals surface area contributed by atoms with Gasteiger partial charge in [0, 0.05) is 24.5 Å². The van der Waals surface area contributed by atoms with E-state index in [1.807, 2.05) is 18.2 Å². The molecule has 92 valence electrons. The van der Waals surface area contributed by atoms with Crippen molar-refractivity contribution < 1.29 is 9.53 Å². The molecule has 0 atom stereocenters. The summed E-state index contributed by atoms with van der Waals surface area (Å²) in [4.78, 5) is 13.4. The summed E-state index contributed by atoms with van der Waals surface area (Å²) in [6, 6.07) is 5.92. The average Bonchev–Trinajstić information content (AvgIpc) is 2.29. The summed E-state index contributed by atoms with van der Waals surface area (Å²) < 4.78 is 6.28. The zero-order chi connectivity index (χ0) is 12.3. The number of halogens is 1. The van der Waals surface area contributed by atoms with Crippen molar-refractivity contribution >= 4 is 33.2 Å². The smallest absolute Gasteiger partial charge is 0.221 e. The van der Waals surface area contributed by atoms with Crippen LogP contribution in [0.1, 0.15) is 6.92 Å². The Kier molecular flexibility index (Phi) is 4.02. The molecule has 0 unspecified atom stereocenters. The Morgan fingerprint density at radius 3 is 2.76 bits per heavy atom. The minimum absolute atomic E-state index is 0.0578. The molecule has 1 amide bonds. The molecule has 17 heavy (non-hydrogen) atoms. The van der Waals surface area contributed by atoms with E-state index in [2.05, 4.69) is 26.1 Å². The molecule has 1 N–H and O–H groups in total. The van der Waals surface area contributed by atoms with E-state index in [1.165, 1.54) is 6.92 Å². The fraction of sp³-hybridized carbons (Fsp3) is 0.417. The van der Waals surface area contributed by atoms with Crippen LogP contribution in [0.3, 0.4) is 0 Å². The zero-order valence-corrected chi connectivity index (χ0v) is 11.3. The Hall–Kier alpha value is -1.07. The van der Waals surface area contributed by atoms with Gasteiger partial charge in [-0.25, -0.2) is 0 Å². The molecule has 0 bridgehead atoms. The number of nitrogens with zero attached hydrogens (tertiary/aromatic N) is 1. The maximum Gasteiger partial charge on any atom is 0.221 e. The van der Waals surface area contributed by atoms with Gasteiger partial charge in [0.15, 0.2) is 0 Å². The van der Waals surface area contributed by atoms with Crippen LogP contribution in [0.5, 0.6) is 0 Å². The summed E-state index contributed by atoms with van der Waals surface area (Å²) in [6.07, 6.45) is 0. The number of carbonyl (C=O) groups is 1. The van der Waals surface area contributed by atoms with Crippen molar-refractivity contribution in [1.82, 2.24) is 0 Å². The average molecular weight is 299 g/mol. The van der Waals surface area contributed by atoms with Crippen LogP contribution < -0.4 is 10.2 Å². The maximum absolute atomic E-state index is 11.2. The Bertz CT molecular complexity index is 417. The van der Waals surface area contributed by atoms with Gasteiger partial charge in [-0.15, -0.1) is 0 Å². The molecule has 4 nitrogen and oxygen atoms in total. The van der Waals surface area contributed by atoms with Crippen LogP contribution in [0.25, 0.3) is 0 Å². The van der Waals surface area contributed by atoms with E-state index < -0.39 is 0 Å². The number of rotatable bonds is 2. The number of anilines is 2. The SMILES string of the molecule is CC(=O)Nc1cc(Br)ccc1N1CCOCC1. The van der Waals surface area contributed by atoms with Gasteiger partial charge >= 0.3 is 0 Å². The molecule has 1 heterocycles. The van der Waals surface area contributed by atoms with Crippen LogP contribution in [-0.4, -0.2) is 32.2 Å². The highest BCUT2D eigenvalue weighted by Crippen LogP contribution is 2.29. The molecule has 1 aliphatic rings. The number of benzene rings is 1. The first-order valence-electron chi connectivity index (χ1n) is 5.56. The first kappa shape index (κ1) is 12.4. The summed E-state index contributed by atoms with van der Waals surface area (Å²) in [6.45, 7) is 4.69. The molecular weight excluding hydrogens is 284 g/mol. The van der Waals surface area contributed by atoms with Crippen molar-refractivity contribution in [1.29, 1.82) is 0 Å². The molecular formula is C12H15BrN2O2. The third kappa shape index (κ3) is 3.20. The molecule has 0 spiro atoms. The van der Waals surface area contributed by atoms with Gasteiger partial charge in [0.2, 0.25) is 5.91 Å². The van der Waals surface area contributed by atoms with Crippen LogP contribution in [0.2, 0.25) is 0 Å². The summed E-state index contributed by atoms with van der Waals surface area (Å²) in [5.74, 6) is -0.0578. The highest BCUT2D eigenvalue weighted by molar-refractivity contribution is 9.10. The summed E-state index contributed by atoms with van der Waals surface area (Å²) in [5.41, 5.74) is 1.89. The van der Waals surface area contributed by atoms with Gasteiger partial charge in [-0.2, -0.15) is 0 Å². The number of nitrogens with one attached hydrogen (secondary N) is 1. The van der Waals surface area contributed by atoms with Gasteiger partial charge in [-0.1, -0.05) is 15.9 Å². The summed E-state index contributed by atoms with van der Waals surface area (Å²) in [7, 11) is 0. The summed E-state index contributed by atoms with van der Waals surface area (Å²) in [5, 5.41) is 2.86. The molecule has 1 fully saturated rings. The quantitative estimate of drug-likeness (QED) is 0.910. The monoisotopic (exact) mass is 298 g/mol. The lowest BCUT2D eigenvalue weighted by Crippen LogP contribution is -2.36. The molecule has 5 heteroatoms. The number of carbonyl (C=O) groups excluding carboxylic acids is 1. The largest absolute Gasteiger partial charge is 0.378 e. The van der Waals surface area contributed by atoms with Crippen molar-refractivity contribution in [2.45, 2.75) is 6.92 Å². The second-order valence-electron chi connectivity index (χ2n) is 3.94. The van der Waals surface area contributed by atoms with E-state index in [0.717, 1.165) is 42.2 Å². The molecule has 0 aliphatic carbocycles. The summed E-state index contributed by atoms with van der Waals surface area (Å²) >= 11 is 3.42. The van der Waals surface area contributed by atoms with Gasteiger partial charge in [0.1, 0.15) is 0 Å². The molecule has 0 radical (unpaired) electrons. The standard InChI is InChI=1S/C12H15BrN2O2/c1-9(16)14-11-8-10(13)2-3-12(11)15-4-6-17-7-5-15/h2-3,8H,4-7H2,1H3,(H,14,16). The van der Waals surface area contributed by atoms with E-state index in [0.29, 0.717) is 0 Å². The number of hydrogen-bond acceptors (Lipinski definition) is 3. The minimum Gasteiger partial charge on any atom is -0.378 e. The van der Waals surface area contributed by atoms with E-state index in [1.54, 1.807) is 0 Å². The lowest BCUT2D eigenvalue weighted by molar-refractivity contribution is -0.114. The third-order valence-corrected chi connectivity index (χ3v) is 3.11. The molecule has 1 aromatic carbocycles. The fourth-order valence-electron chi connectivity index (χ4n) is 1.88. The van der Waals surface area contributed by atoms with E-state index in [-0.39, 0.29) is 5.91 Å². The zero-order valence-electron chi connectivity index (χ0n) is 9.70. The lowest BCUT2D eigenvalue weighted by Gasteiger charge is -2.30. The molecule has 1 aromatic rings. The predicted molar refractivity (Wildman–Crippen MR) is 71.5 cm³/mol. The van der Waals surface area contributed by atoms with Crippen LogP contribution in [0.4, 0.5) is 11.4 Å². The minimum atomic E-state index is -0.0578. The Labute approximate surface area is 109 Å². The molecule has 1 saturated heterocycles. The molecule has 0 saturated carbocycles. The van der Waals surface area contributed by atoms with Crippen molar-refractivity contribution in [3.8, 4) is 0 Å². The highest BCUT2D eigenvalue weighted by atomic mass is 79.9. The highest BCUT2D eigenvalue weighted by Gasteiger charge is 2.15. The molecule has 0 aromatic heterocycles. The van der Waals surface area contributed by atoms with Gasteiger partial charge in [-0.05, 0) is 18.2 Å². The number of hydrogen-bond donors (Lipinski definition) is 1. The topological polar surface area (TPSA) is 41.6 Å². The Balaban J connectivity index is 2.27. The van der Waals surface area contributed by atoms with Gasteiger partial charge in [0.05, 0.1) is 24.6 Å². The first-order valence-corrected chi connectivity index (χ1v) is 6.36. The van der Waals surface area contributed by atoms with E-state index >= 15 is 0 Å². The second kappa shape index (κ2) is 5.51. The maximum atomic E-state index is 11.2.